The summed E-state index contributed by atoms with van der Waals surface area (Å²) < 4.78 is 10.5. The van der Waals surface area contributed by atoms with E-state index in [9.17, 15) is 0 Å². The number of rotatable bonds is 1. The van der Waals surface area contributed by atoms with Crippen LogP contribution in [0.5, 0.6) is 0 Å². The van der Waals surface area contributed by atoms with Crippen LogP contribution < -0.4 is 5.73 Å². The fourth-order valence-corrected chi connectivity index (χ4v) is 1.31. The number of hydrogen-bond acceptors (Lipinski definition) is 7. The average molecular weight is 217 g/mol. The Morgan fingerprint density at radius 1 is 1.19 bits per heavy atom. The van der Waals surface area contributed by atoms with Crippen LogP contribution in [0.2, 0.25) is 0 Å². The Morgan fingerprint density at radius 3 is 2.75 bits per heavy atom. The lowest BCUT2D eigenvalue weighted by molar-refractivity contribution is 0.523. The van der Waals surface area contributed by atoms with Crippen LogP contribution in [0.4, 0.5) is 5.82 Å². The molecule has 0 fully saturated rings. The second-order valence-electron chi connectivity index (χ2n) is 3.23. The van der Waals surface area contributed by atoms with Crippen molar-refractivity contribution >= 4 is 17.0 Å². The van der Waals surface area contributed by atoms with Crippen molar-refractivity contribution in [2.75, 3.05) is 5.73 Å². The molecule has 80 valence electrons. The van der Waals surface area contributed by atoms with Crippen molar-refractivity contribution in [1.29, 1.82) is 0 Å². The van der Waals surface area contributed by atoms with Crippen molar-refractivity contribution in [2.24, 2.45) is 0 Å². The molecule has 3 aromatic heterocycles. The molecule has 0 aliphatic heterocycles. The molecule has 0 spiro atoms. The first-order valence-corrected chi connectivity index (χ1v) is 4.53. The lowest BCUT2D eigenvalue weighted by atomic mass is 10.5. The Bertz CT molecular complexity index is 657. The summed E-state index contributed by atoms with van der Waals surface area (Å²) in [6.07, 6.45) is 2.83. The van der Waals surface area contributed by atoms with Gasteiger partial charge >= 0.3 is 0 Å². The molecule has 0 saturated heterocycles. The monoisotopic (exact) mass is 217 g/mol. The van der Waals surface area contributed by atoms with Gasteiger partial charge in [0.1, 0.15) is 12.6 Å². The predicted octanol–water partition coefficient (Wildman–Crippen LogP) is 1.16. The van der Waals surface area contributed by atoms with Gasteiger partial charge in [-0.05, 0) is 6.92 Å². The highest BCUT2D eigenvalue weighted by atomic mass is 16.4. The molecule has 2 N–H and O–H groups in total. The number of nitrogens with zero attached hydrogens (tertiary/aromatic N) is 4. The molecule has 0 saturated carbocycles. The maximum atomic E-state index is 5.63. The number of hydrogen-bond donors (Lipinski definition) is 1. The Labute approximate surface area is 89.3 Å². The number of nitrogens with two attached hydrogens (primary N) is 1. The van der Waals surface area contributed by atoms with E-state index in [1.807, 2.05) is 6.92 Å². The molecule has 0 unspecified atom stereocenters. The van der Waals surface area contributed by atoms with E-state index in [4.69, 9.17) is 14.6 Å². The van der Waals surface area contributed by atoms with Gasteiger partial charge in [0.15, 0.2) is 11.3 Å². The van der Waals surface area contributed by atoms with Gasteiger partial charge in [0, 0.05) is 0 Å². The van der Waals surface area contributed by atoms with E-state index in [1.165, 1.54) is 12.6 Å². The molecule has 7 heteroatoms. The summed E-state index contributed by atoms with van der Waals surface area (Å²) in [5.74, 6) is 0.813. The van der Waals surface area contributed by atoms with E-state index >= 15 is 0 Å². The van der Waals surface area contributed by atoms with E-state index in [-0.39, 0.29) is 11.7 Å². The molecule has 3 rings (SSSR count). The van der Waals surface area contributed by atoms with Gasteiger partial charge in [-0.1, -0.05) is 0 Å². The molecule has 0 atom stereocenters. The first-order chi connectivity index (χ1) is 7.74. The number of oxazole rings is 2. The lowest BCUT2D eigenvalue weighted by Gasteiger charge is -1.87. The van der Waals surface area contributed by atoms with Gasteiger partial charge in [-0.2, -0.15) is 9.97 Å². The van der Waals surface area contributed by atoms with Crippen LogP contribution in [0, 0.1) is 6.92 Å². The topological polar surface area (TPSA) is 104 Å². The zero-order chi connectivity index (χ0) is 11.1. The molecule has 0 aliphatic carbocycles. The molecule has 0 radical (unpaired) electrons. The first kappa shape index (κ1) is 8.84. The van der Waals surface area contributed by atoms with Gasteiger partial charge in [0.2, 0.25) is 0 Å². The van der Waals surface area contributed by atoms with Crippen molar-refractivity contribution in [2.45, 2.75) is 6.92 Å². The van der Waals surface area contributed by atoms with Gasteiger partial charge in [0.05, 0.1) is 5.69 Å². The summed E-state index contributed by atoms with van der Waals surface area (Å²) >= 11 is 0. The number of fused-ring (bicyclic) bond motifs is 1. The lowest BCUT2D eigenvalue weighted by Crippen LogP contribution is -1.91. The summed E-state index contributed by atoms with van der Waals surface area (Å²) in [7, 11) is 0. The second kappa shape index (κ2) is 3.02. The number of aromatic nitrogens is 4. The summed E-state index contributed by atoms with van der Waals surface area (Å²) in [4.78, 5) is 15.9. The van der Waals surface area contributed by atoms with Crippen molar-refractivity contribution in [3.8, 4) is 11.8 Å². The van der Waals surface area contributed by atoms with E-state index in [0.717, 1.165) is 5.69 Å². The largest absolute Gasteiger partial charge is 0.441 e. The number of anilines is 1. The standard InChI is InChI=1S/C9H7N5O2/c1-4-2-15-8(13-4)9-14-5-6(10)11-3-12-7(5)16-9/h2-3H,1H3,(H2,10,11,12). The Hall–Kier alpha value is -2.44. The maximum Gasteiger partial charge on any atom is 0.286 e. The molecular weight excluding hydrogens is 210 g/mol. The highest BCUT2D eigenvalue weighted by Gasteiger charge is 2.15. The van der Waals surface area contributed by atoms with Crippen molar-refractivity contribution in [1.82, 2.24) is 19.9 Å². The fourth-order valence-electron chi connectivity index (χ4n) is 1.31. The highest BCUT2D eigenvalue weighted by Crippen LogP contribution is 2.24. The summed E-state index contributed by atoms with van der Waals surface area (Å²) in [6.45, 7) is 1.81. The third kappa shape index (κ3) is 1.22. The smallest absolute Gasteiger partial charge is 0.286 e. The SMILES string of the molecule is Cc1coc(-c2nc3c(N)ncnc3o2)n1. The van der Waals surface area contributed by atoms with Gasteiger partial charge < -0.3 is 14.6 Å². The van der Waals surface area contributed by atoms with Gasteiger partial charge in [0.25, 0.3) is 17.5 Å². The average Bonchev–Trinajstić information content (AvgIpc) is 2.84. The molecule has 3 aromatic rings. The maximum absolute atomic E-state index is 5.63. The molecule has 0 amide bonds. The van der Waals surface area contributed by atoms with Crippen molar-refractivity contribution in [3.63, 3.8) is 0 Å². The van der Waals surface area contributed by atoms with Crippen molar-refractivity contribution in [3.05, 3.63) is 18.3 Å². The second-order valence-corrected chi connectivity index (χ2v) is 3.23. The minimum Gasteiger partial charge on any atom is -0.441 e. The van der Waals surface area contributed by atoms with Crippen LogP contribution in [0.25, 0.3) is 23.0 Å². The Morgan fingerprint density at radius 2 is 2.06 bits per heavy atom. The van der Waals surface area contributed by atoms with E-state index in [2.05, 4.69) is 19.9 Å². The summed E-state index contributed by atoms with van der Waals surface area (Å²) in [5, 5.41) is 0. The third-order valence-electron chi connectivity index (χ3n) is 2.03. The summed E-state index contributed by atoms with van der Waals surface area (Å²) in [6, 6.07) is 0. The highest BCUT2D eigenvalue weighted by molar-refractivity contribution is 5.80. The third-order valence-corrected chi connectivity index (χ3v) is 2.03. The van der Waals surface area contributed by atoms with Gasteiger partial charge in [-0.15, -0.1) is 0 Å². The molecule has 3 heterocycles. The minimum absolute atomic E-state index is 0.246. The zero-order valence-electron chi connectivity index (χ0n) is 8.34. The van der Waals surface area contributed by atoms with Gasteiger partial charge in [-0.3, -0.25) is 0 Å². The molecule has 7 nitrogen and oxygen atoms in total. The predicted molar refractivity (Wildman–Crippen MR) is 54.2 cm³/mol. The van der Waals surface area contributed by atoms with Crippen molar-refractivity contribution < 1.29 is 8.83 Å². The number of nitrogen functional groups attached to an aromatic ring is 1. The van der Waals surface area contributed by atoms with Crippen LogP contribution in [-0.2, 0) is 0 Å². The molecule has 16 heavy (non-hydrogen) atoms. The van der Waals surface area contributed by atoms with E-state index < -0.39 is 0 Å². The van der Waals surface area contributed by atoms with Crippen LogP contribution >= 0.6 is 0 Å². The summed E-state index contributed by atoms with van der Waals surface area (Å²) in [5.41, 5.74) is 7.10. The zero-order valence-corrected chi connectivity index (χ0v) is 8.34. The normalized spacial score (nSPS) is 11.1. The van der Waals surface area contributed by atoms with Crippen LogP contribution in [0.3, 0.4) is 0 Å². The van der Waals surface area contributed by atoms with E-state index in [0.29, 0.717) is 17.1 Å². The molecular formula is C9H7N5O2. The molecule has 0 bridgehead atoms. The first-order valence-electron chi connectivity index (χ1n) is 4.53. The van der Waals surface area contributed by atoms with Crippen LogP contribution in [0.1, 0.15) is 5.69 Å². The number of aryl methyl sites for hydroxylation is 1. The Balaban J connectivity index is 2.22. The van der Waals surface area contributed by atoms with Gasteiger partial charge in [-0.25, -0.2) is 9.97 Å². The minimum atomic E-state index is 0.246. The fraction of sp³-hybridized carbons (Fsp3) is 0.111. The quantitative estimate of drug-likeness (QED) is 0.652. The van der Waals surface area contributed by atoms with E-state index in [1.54, 1.807) is 0 Å². The van der Waals surface area contributed by atoms with Crippen LogP contribution in [0.15, 0.2) is 21.4 Å². The molecule has 0 aromatic carbocycles. The molecule has 0 aliphatic rings. The Kier molecular flexibility index (Phi) is 1.67. The van der Waals surface area contributed by atoms with Crippen LogP contribution in [-0.4, -0.2) is 19.9 Å².